The SMILES string of the molecule is CC.CC.Cc1cnc(-n2cccc(C(C)(C)O)c2=O)cc1-n1c(C)cc(OC(O)(O)c2ncc(F)cc2Cl)c(Cl)c1=O. The maximum atomic E-state index is 13.4. The number of hydrogen-bond donors (Lipinski definition) is 3. The molecule has 0 radical (unpaired) electrons. The lowest BCUT2D eigenvalue weighted by molar-refractivity contribution is -0.306. The number of hydrogen-bond acceptors (Lipinski definition) is 8. The molecule has 4 aromatic rings. The lowest BCUT2D eigenvalue weighted by atomic mass is 10.0. The van der Waals surface area contributed by atoms with Gasteiger partial charge >= 0.3 is 5.97 Å². The maximum absolute atomic E-state index is 13.4. The minimum absolute atomic E-state index is 0.152. The Kier molecular flexibility index (Phi) is 11.8. The summed E-state index contributed by atoms with van der Waals surface area (Å²) in [4.78, 5) is 34.3. The van der Waals surface area contributed by atoms with Crippen LogP contribution < -0.4 is 15.9 Å². The van der Waals surface area contributed by atoms with Crippen LogP contribution in [0.15, 0.2) is 58.5 Å². The molecule has 0 saturated heterocycles. The molecule has 0 bridgehead atoms. The summed E-state index contributed by atoms with van der Waals surface area (Å²) < 4.78 is 21.0. The summed E-state index contributed by atoms with van der Waals surface area (Å²) in [6.07, 6.45) is 3.66. The van der Waals surface area contributed by atoms with Crippen molar-refractivity contribution >= 4 is 23.2 Å². The number of aromatic nitrogens is 4. The number of rotatable bonds is 6. The first-order chi connectivity index (χ1) is 20.1. The summed E-state index contributed by atoms with van der Waals surface area (Å²) in [7, 11) is 0. The van der Waals surface area contributed by atoms with E-state index >= 15 is 0 Å². The quantitative estimate of drug-likeness (QED) is 0.242. The van der Waals surface area contributed by atoms with Gasteiger partial charge in [0, 0.05) is 35.8 Å². The molecule has 0 spiro atoms. The third-order valence-electron chi connectivity index (χ3n) is 5.82. The van der Waals surface area contributed by atoms with Gasteiger partial charge in [-0.05, 0) is 51.5 Å². The summed E-state index contributed by atoms with van der Waals surface area (Å²) >= 11 is 12.2. The minimum atomic E-state index is -3.15. The molecule has 0 aliphatic carbocycles. The molecule has 13 heteroatoms. The van der Waals surface area contributed by atoms with Crippen molar-refractivity contribution in [2.24, 2.45) is 0 Å². The molecule has 0 atom stereocenters. The zero-order valence-corrected chi connectivity index (χ0v) is 26.6. The largest absolute Gasteiger partial charge is 0.433 e. The van der Waals surface area contributed by atoms with E-state index in [1.807, 2.05) is 27.7 Å². The second-order valence-corrected chi connectivity index (χ2v) is 10.1. The molecule has 232 valence electrons. The molecule has 0 fully saturated rings. The highest BCUT2D eigenvalue weighted by Gasteiger charge is 2.35. The molecule has 0 amide bonds. The van der Waals surface area contributed by atoms with Gasteiger partial charge < -0.3 is 20.1 Å². The molecule has 10 nitrogen and oxygen atoms in total. The van der Waals surface area contributed by atoms with E-state index in [4.69, 9.17) is 27.9 Å². The number of nitrogens with zero attached hydrogens (tertiary/aromatic N) is 4. The first-order valence-electron chi connectivity index (χ1n) is 13.4. The van der Waals surface area contributed by atoms with E-state index in [9.17, 15) is 29.3 Å². The molecular weight excluding hydrogens is 602 g/mol. The highest BCUT2D eigenvalue weighted by Crippen LogP contribution is 2.32. The van der Waals surface area contributed by atoms with Crippen LogP contribution in [0.4, 0.5) is 4.39 Å². The Morgan fingerprint density at radius 2 is 1.56 bits per heavy atom. The molecule has 4 aromatic heterocycles. The molecule has 0 saturated carbocycles. The predicted octanol–water partition coefficient (Wildman–Crippen LogP) is 5.29. The van der Waals surface area contributed by atoms with E-state index in [1.54, 1.807) is 19.9 Å². The summed E-state index contributed by atoms with van der Waals surface area (Å²) in [5.74, 6) is -4.18. The van der Waals surface area contributed by atoms with E-state index in [-0.39, 0.29) is 17.1 Å². The lowest BCUT2D eigenvalue weighted by Gasteiger charge is -2.24. The molecule has 4 rings (SSSR count). The van der Waals surface area contributed by atoms with Crippen molar-refractivity contribution in [2.45, 2.75) is 67.0 Å². The fraction of sp³-hybridized carbons (Fsp3) is 0.333. The van der Waals surface area contributed by atoms with Gasteiger partial charge in [0.05, 0.1) is 22.5 Å². The first-order valence-corrected chi connectivity index (χ1v) is 14.2. The van der Waals surface area contributed by atoms with E-state index < -0.39 is 50.0 Å². The number of pyridine rings is 4. The van der Waals surface area contributed by atoms with Gasteiger partial charge in [-0.25, -0.2) is 14.4 Å². The van der Waals surface area contributed by atoms with Crippen molar-refractivity contribution in [3.63, 3.8) is 0 Å². The molecule has 3 N–H and O–H groups in total. The van der Waals surface area contributed by atoms with Crippen molar-refractivity contribution in [1.29, 1.82) is 0 Å². The van der Waals surface area contributed by atoms with Gasteiger partial charge in [-0.3, -0.25) is 18.7 Å². The Labute approximate surface area is 258 Å². The zero-order chi connectivity index (χ0) is 32.9. The van der Waals surface area contributed by atoms with Crippen molar-refractivity contribution in [1.82, 2.24) is 19.1 Å². The molecule has 0 aliphatic rings. The topological polar surface area (TPSA) is 140 Å². The first kappa shape index (κ1) is 35.6. The van der Waals surface area contributed by atoms with Gasteiger partial charge in [-0.2, -0.15) is 0 Å². The van der Waals surface area contributed by atoms with Crippen LogP contribution >= 0.6 is 23.2 Å². The van der Waals surface area contributed by atoms with Crippen LogP contribution in [0.25, 0.3) is 11.5 Å². The van der Waals surface area contributed by atoms with Crippen LogP contribution in [-0.2, 0) is 11.6 Å². The molecule has 4 heterocycles. The number of aliphatic hydroxyl groups is 3. The van der Waals surface area contributed by atoms with Crippen LogP contribution in [0, 0.1) is 19.7 Å². The van der Waals surface area contributed by atoms with Crippen LogP contribution in [0.5, 0.6) is 5.75 Å². The van der Waals surface area contributed by atoms with Crippen molar-refractivity contribution in [3.8, 4) is 17.3 Å². The maximum Gasteiger partial charge on any atom is 0.370 e. The second-order valence-electron chi connectivity index (χ2n) is 9.28. The van der Waals surface area contributed by atoms with E-state index in [0.717, 1.165) is 6.07 Å². The molecular formula is C30H35Cl2FN4O6. The third-order valence-corrected chi connectivity index (χ3v) is 6.46. The molecule has 0 aromatic carbocycles. The lowest BCUT2D eigenvalue weighted by Crippen LogP contribution is -2.35. The standard InChI is InChI=1S/C26H23Cl2FN4O6.2C2H6/c1-13-11-30-20(32-7-5-6-16(23(32)34)25(3,4)36)10-18(13)33-14(2)8-19(21(28)24(33)35)39-26(37,38)22-17(27)9-15(29)12-31-22;2*1-2/h5-12,36-38H,1-4H3;2*1-2H3. The van der Waals surface area contributed by atoms with Crippen molar-refractivity contribution < 1.29 is 24.4 Å². The Morgan fingerprint density at radius 3 is 2.14 bits per heavy atom. The van der Waals surface area contributed by atoms with Crippen molar-refractivity contribution in [2.75, 3.05) is 0 Å². The molecule has 43 heavy (non-hydrogen) atoms. The average Bonchev–Trinajstić information content (AvgIpc) is 2.94. The Bertz CT molecular complexity index is 1710. The normalized spacial score (nSPS) is 11.2. The monoisotopic (exact) mass is 636 g/mol. The van der Waals surface area contributed by atoms with Crippen LogP contribution in [0.3, 0.4) is 0 Å². The van der Waals surface area contributed by atoms with E-state index in [0.29, 0.717) is 17.4 Å². The fourth-order valence-corrected chi connectivity index (χ4v) is 4.38. The average molecular weight is 638 g/mol. The molecule has 0 aliphatic heterocycles. The summed E-state index contributed by atoms with van der Waals surface area (Å²) in [6.45, 7) is 14.2. The van der Waals surface area contributed by atoms with E-state index in [1.165, 1.54) is 53.6 Å². The van der Waals surface area contributed by atoms with Crippen LogP contribution in [0.2, 0.25) is 10.0 Å². The molecule has 0 unspecified atom stereocenters. The second kappa shape index (κ2) is 14.2. The van der Waals surface area contributed by atoms with Crippen LogP contribution in [-0.4, -0.2) is 34.4 Å². The predicted molar refractivity (Wildman–Crippen MR) is 164 cm³/mol. The van der Waals surface area contributed by atoms with Gasteiger partial charge in [0.2, 0.25) is 0 Å². The fourth-order valence-electron chi connectivity index (χ4n) is 3.93. The van der Waals surface area contributed by atoms with Gasteiger partial charge in [0.1, 0.15) is 16.7 Å². The van der Waals surface area contributed by atoms with Crippen LogP contribution in [0.1, 0.15) is 64.1 Å². The Morgan fingerprint density at radius 1 is 0.930 bits per heavy atom. The summed E-state index contributed by atoms with van der Waals surface area (Å²) in [6, 6.07) is 6.70. The zero-order valence-electron chi connectivity index (χ0n) is 25.1. The van der Waals surface area contributed by atoms with Gasteiger partial charge in [0.15, 0.2) is 11.4 Å². The van der Waals surface area contributed by atoms with Gasteiger partial charge in [0.25, 0.3) is 11.1 Å². The Hall–Kier alpha value is -3.61. The number of ether oxygens (including phenoxy) is 1. The van der Waals surface area contributed by atoms with Gasteiger partial charge in [-0.15, -0.1) is 0 Å². The highest BCUT2D eigenvalue weighted by molar-refractivity contribution is 6.32. The Balaban J connectivity index is 0.00000155. The third kappa shape index (κ3) is 7.67. The highest BCUT2D eigenvalue weighted by atomic mass is 35.5. The summed E-state index contributed by atoms with van der Waals surface area (Å²) in [5.41, 5.74) is -1.97. The van der Waals surface area contributed by atoms with E-state index in [2.05, 4.69) is 9.97 Å². The number of aryl methyl sites for hydroxylation is 2. The van der Waals surface area contributed by atoms with Gasteiger partial charge in [-0.1, -0.05) is 50.9 Å². The summed E-state index contributed by atoms with van der Waals surface area (Å²) in [5, 5.41) is 30.3. The smallest absolute Gasteiger partial charge is 0.370 e. The minimum Gasteiger partial charge on any atom is -0.433 e. The number of halogens is 3. The van der Waals surface area contributed by atoms with Crippen molar-refractivity contribution in [3.05, 3.63) is 108 Å².